The molecular weight excluding hydrogens is 248 g/mol. The molecule has 6 nitrogen and oxygen atoms in total. The number of benzene rings is 1. The molecule has 3 N–H and O–H groups in total. The summed E-state index contributed by atoms with van der Waals surface area (Å²) in [4.78, 5) is 11.2. The largest absolute Gasteiger partial charge is 0.482 e. The molecule has 2 rings (SSSR count). The molecule has 0 aliphatic carbocycles. The van der Waals surface area contributed by atoms with E-state index < -0.39 is 0 Å². The minimum Gasteiger partial charge on any atom is -0.482 e. The summed E-state index contributed by atoms with van der Waals surface area (Å²) in [5.41, 5.74) is 1.68. The van der Waals surface area contributed by atoms with Crippen molar-refractivity contribution in [2.45, 2.75) is 12.6 Å². The monoisotopic (exact) mass is 266 g/mol. The highest BCUT2D eigenvalue weighted by atomic mass is 16.5. The first-order valence-electron chi connectivity index (χ1n) is 6.11. The third-order valence-corrected chi connectivity index (χ3v) is 2.86. The van der Waals surface area contributed by atoms with Crippen molar-refractivity contribution < 1.29 is 19.4 Å². The molecule has 1 aromatic rings. The number of aliphatic hydroxyl groups is 1. The zero-order valence-corrected chi connectivity index (χ0v) is 10.8. The fourth-order valence-corrected chi connectivity index (χ4v) is 1.88. The van der Waals surface area contributed by atoms with Crippen LogP contribution in [0.3, 0.4) is 0 Å². The molecule has 0 fully saturated rings. The van der Waals surface area contributed by atoms with E-state index in [0.29, 0.717) is 24.6 Å². The standard InChI is InChI=1S/C13H18N2O4/c1-18-7-10(6-16)14-5-9-2-3-12-11(4-9)15-13(17)8-19-12/h2-4,10,14,16H,5-8H2,1H3,(H,15,17). The normalized spacial score (nSPS) is 15.4. The van der Waals surface area contributed by atoms with E-state index in [1.807, 2.05) is 18.2 Å². The number of carbonyl (C=O) groups is 1. The lowest BCUT2D eigenvalue weighted by molar-refractivity contribution is -0.118. The number of nitrogens with one attached hydrogen (secondary N) is 2. The Labute approximate surface area is 111 Å². The molecule has 19 heavy (non-hydrogen) atoms. The Morgan fingerprint density at radius 3 is 3.16 bits per heavy atom. The van der Waals surface area contributed by atoms with Crippen LogP contribution in [-0.4, -0.2) is 44.0 Å². The molecule has 1 amide bonds. The van der Waals surface area contributed by atoms with Crippen LogP contribution in [0.1, 0.15) is 5.56 Å². The van der Waals surface area contributed by atoms with Gasteiger partial charge in [0, 0.05) is 13.7 Å². The van der Waals surface area contributed by atoms with E-state index in [4.69, 9.17) is 14.6 Å². The number of aliphatic hydroxyl groups excluding tert-OH is 1. The van der Waals surface area contributed by atoms with Crippen LogP contribution in [0.5, 0.6) is 5.75 Å². The summed E-state index contributed by atoms with van der Waals surface area (Å²) in [6.45, 7) is 1.10. The van der Waals surface area contributed by atoms with Crippen molar-refractivity contribution in [1.82, 2.24) is 5.32 Å². The Bertz CT molecular complexity index is 450. The van der Waals surface area contributed by atoms with Gasteiger partial charge < -0.3 is 25.2 Å². The van der Waals surface area contributed by atoms with Crippen molar-refractivity contribution in [3.8, 4) is 5.75 Å². The van der Waals surface area contributed by atoms with Crippen LogP contribution in [0, 0.1) is 0 Å². The number of amides is 1. The summed E-state index contributed by atoms with van der Waals surface area (Å²) in [6, 6.07) is 5.51. The minimum absolute atomic E-state index is 0.0125. The van der Waals surface area contributed by atoms with E-state index >= 15 is 0 Å². The van der Waals surface area contributed by atoms with Gasteiger partial charge in [-0.2, -0.15) is 0 Å². The first-order chi connectivity index (χ1) is 9.22. The fraction of sp³-hybridized carbons (Fsp3) is 0.462. The fourth-order valence-electron chi connectivity index (χ4n) is 1.88. The Morgan fingerprint density at radius 1 is 1.58 bits per heavy atom. The molecule has 104 valence electrons. The van der Waals surface area contributed by atoms with E-state index in [-0.39, 0.29) is 25.2 Å². The minimum atomic E-state index is -0.148. The second kappa shape index (κ2) is 6.51. The first-order valence-corrected chi connectivity index (χ1v) is 6.11. The number of anilines is 1. The Morgan fingerprint density at radius 2 is 2.42 bits per heavy atom. The summed E-state index contributed by atoms with van der Waals surface area (Å²) in [6.07, 6.45) is 0. The van der Waals surface area contributed by atoms with Crippen LogP contribution in [0.15, 0.2) is 18.2 Å². The van der Waals surface area contributed by atoms with Gasteiger partial charge in [0.25, 0.3) is 5.91 Å². The van der Waals surface area contributed by atoms with Crippen LogP contribution >= 0.6 is 0 Å². The zero-order valence-electron chi connectivity index (χ0n) is 10.8. The molecule has 0 spiro atoms. The van der Waals surface area contributed by atoms with Gasteiger partial charge in [0.2, 0.25) is 0 Å². The second-order valence-electron chi connectivity index (χ2n) is 4.38. The lowest BCUT2D eigenvalue weighted by Crippen LogP contribution is -2.36. The van der Waals surface area contributed by atoms with E-state index in [1.54, 1.807) is 7.11 Å². The summed E-state index contributed by atoms with van der Waals surface area (Å²) in [5.74, 6) is 0.532. The predicted molar refractivity (Wildman–Crippen MR) is 70.2 cm³/mol. The molecule has 0 aromatic heterocycles. The van der Waals surface area contributed by atoms with Gasteiger partial charge in [-0.1, -0.05) is 6.07 Å². The van der Waals surface area contributed by atoms with Gasteiger partial charge in [0.15, 0.2) is 6.61 Å². The lowest BCUT2D eigenvalue weighted by atomic mass is 10.1. The molecule has 1 aliphatic heterocycles. The summed E-state index contributed by atoms with van der Waals surface area (Å²) < 4.78 is 10.3. The maximum Gasteiger partial charge on any atom is 0.262 e. The van der Waals surface area contributed by atoms with Gasteiger partial charge in [0.1, 0.15) is 5.75 Å². The SMILES string of the molecule is COCC(CO)NCc1ccc2c(c1)NC(=O)CO2. The van der Waals surface area contributed by atoms with Crippen molar-refractivity contribution in [2.75, 3.05) is 32.2 Å². The number of carbonyl (C=O) groups excluding carboxylic acids is 1. The van der Waals surface area contributed by atoms with Crippen molar-refractivity contribution >= 4 is 11.6 Å². The Kier molecular flexibility index (Phi) is 4.73. The topological polar surface area (TPSA) is 79.8 Å². The molecule has 0 bridgehead atoms. The van der Waals surface area contributed by atoms with E-state index in [0.717, 1.165) is 5.56 Å². The maximum atomic E-state index is 11.2. The predicted octanol–water partition coefficient (Wildman–Crippen LogP) is 0.114. The number of methoxy groups -OCH3 is 1. The van der Waals surface area contributed by atoms with Crippen LogP contribution in [-0.2, 0) is 16.1 Å². The van der Waals surface area contributed by atoms with Gasteiger partial charge in [-0.05, 0) is 17.7 Å². The molecule has 0 saturated carbocycles. The highest BCUT2D eigenvalue weighted by molar-refractivity contribution is 5.95. The summed E-state index contributed by atoms with van der Waals surface area (Å²) in [5, 5.41) is 15.1. The van der Waals surface area contributed by atoms with Gasteiger partial charge in [-0.3, -0.25) is 4.79 Å². The second-order valence-corrected chi connectivity index (χ2v) is 4.38. The van der Waals surface area contributed by atoms with Gasteiger partial charge >= 0.3 is 0 Å². The molecule has 1 atom stereocenters. The number of ether oxygens (including phenoxy) is 2. The molecule has 6 heteroatoms. The molecule has 0 radical (unpaired) electrons. The molecule has 1 aromatic carbocycles. The third-order valence-electron chi connectivity index (χ3n) is 2.86. The molecule has 1 aliphatic rings. The van der Waals surface area contributed by atoms with Gasteiger partial charge in [-0.25, -0.2) is 0 Å². The maximum absolute atomic E-state index is 11.2. The highest BCUT2D eigenvalue weighted by Crippen LogP contribution is 2.28. The Balaban J connectivity index is 1.98. The highest BCUT2D eigenvalue weighted by Gasteiger charge is 2.16. The molecular formula is C13H18N2O4. The number of hydrogen-bond donors (Lipinski definition) is 3. The van der Waals surface area contributed by atoms with Crippen LogP contribution in [0.25, 0.3) is 0 Å². The van der Waals surface area contributed by atoms with Crippen molar-refractivity contribution in [1.29, 1.82) is 0 Å². The van der Waals surface area contributed by atoms with Crippen LogP contribution in [0.2, 0.25) is 0 Å². The van der Waals surface area contributed by atoms with Gasteiger partial charge in [-0.15, -0.1) is 0 Å². The first kappa shape index (κ1) is 13.8. The van der Waals surface area contributed by atoms with Crippen molar-refractivity contribution in [3.05, 3.63) is 23.8 Å². The average molecular weight is 266 g/mol. The average Bonchev–Trinajstić information content (AvgIpc) is 2.43. The number of hydrogen-bond acceptors (Lipinski definition) is 5. The smallest absolute Gasteiger partial charge is 0.262 e. The third kappa shape index (κ3) is 3.66. The Hall–Kier alpha value is -1.63. The van der Waals surface area contributed by atoms with Crippen molar-refractivity contribution in [3.63, 3.8) is 0 Å². The zero-order chi connectivity index (χ0) is 13.7. The van der Waals surface area contributed by atoms with Gasteiger partial charge in [0.05, 0.1) is 24.9 Å². The van der Waals surface area contributed by atoms with Crippen LogP contribution < -0.4 is 15.4 Å². The molecule has 0 saturated heterocycles. The van der Waals surface area contributed by atoms with E-state index in [1.165, 1.54) is 0 Å². The number of rotatable bonds is 6. The molecule has 1 unspecified atom stereocenters. The lowest BCUT2D eigenvalue weighted by Gasteiger charge is -2.19. The van der Waals surface area contributed by atoms with Crippen molar-refractivity contribution in [2.24, 2.45) is 0 Å². The summed E-state index contributed by atoms with van der Waals surface area (Å²) >= 11 is 0. The molecule has 1 heterocycles. The summed E-state index contributed by atoms with van der Waals surface area (Å²) in [7, 11) is 1.59. The number of fused-ring (bicyclic) bond motifs is 1. The quantitative estimate of drug-likeness (QED) is 0.681. The van der Waals surface area contributed by atoms with E-state index in [2.05, 4.69) is 10.6 Å². The van der Waals surface area contributed by atoms with E-state index in [9.17, 15) is 4.79 Å². The van der Waals surface area contributed by atoms with Crippen LogP contribution in [0.4, 0.5) is 5.69 Å².